The van der Waals surface area contributed by atoms with Gasteiger partial charge in [0.2, 0.25) is 5.95 Å². The smallest absolute Gasteiger partial charge is 0.238 e. The SMILES string of the molecule is c1ccc(-c2nc(-c3ccccc3)nc(-n3c4ccccc4c4cc(-n5c6ccccc6c6cc7cc8ccn(-c9ccccc9)c8cc7cc65)ccc43)n2)cc1. The summed E-state index contributed by atoms with van der Waals surface area (Å²) in [6, 6.07) is 66.5. The fraction of sp³-hybridized carbons (Fsp3) is 0. The second kappa shape index (κ2) is 12.3. The average Bonchev–Trinajstić information content (AvgIpc) is 3.95. The summed E-state index contributed by atoms with van der Waals surface area (Å²) in [6.45, 7) is 0. The van der Waals surface area contributed by atoms with Crippen molar-refractivity contribution in [2.75, 3.05) is 0 Å². The predicted octanol–water partition coefficient (Wildman–Crippen LogP) is 12.5. The molecule has 0 unspecified atom stereocenters. The summed E-state index contributed by atoms with van der Waals surface area (Å²) in [5.74, 6) is 1.84. The Balaban J connectivity index is 1.09. The first-order valence-electron chi connectivity index (χ1n) is 19.2. The lowest BCUT2D eigenvalue weighted by atomic mass is 10.0. The molecule has 12 rings (SSSR count). The number of nitrogens with zero attached hydrogens (tertiary/aromatic N) is 6. The number of aromatic nitrogens is 6. The van der Waals surface area contributed by atoms with E-state index < -0.39 is 0 Å². The molecule has 6 heteroatoms. The van der Waals surface area contributed by atoms with Crippen LogP contribution in [0.5, 0.6) is 0 Å². The summed E-state index contributed by atoms with van der Waals surface area (Å²) in [4.78, 5) is 15.2. The van der Waals surface area contributed by atoms with Gasteiger partial charge in [-0.25, -0.2) is 4.98 Å². The van der Waals surface area contributed by atoms with Crippen LogP contribution in [0.25, 0.3) is 105 Å². The Morgan fingerprint density at radius 1 is 0.316 bits per heavy atom. The highest BCUT2D eigenvalue weighted by atomic mass is 15.2. The van der Waals surface area contributed by atoms with Gasteiger partial charge in [-0.05, 0) is 83.6 Å². The van der Waals surface area contributed by atoms with Gasteiger partial charge in [0.25, 0.3) is 0 Å². The van der Waals surface area contributed by atoms with E-state index >= 15 is 0 Å². The van der Waals surface area contributed by atoms with Crippen molar-refractivity contribution in [3.8, 4) is 40.1 Å². The second-order valence-electron chi connectivity index (χ2n) is 14.6. The number of hydrogen-bond donors (Lipinski definition) is 0. The first-order chi connectivity index (χ1) is 28.2. The third kappa shape index (κ3) is 4.94. The minimum Gasteiger partial charge on any atom is -0.317 e. The van der Waals surface area contributed by atoms with Crippen molar-refractivity contribution in [1.29, 1.82) is 0 Å². The molecule has 0 saturated heterocycles. The zero-order chi connectivity index (χ0) is 37.5. The van der Waals surface area contributed by atoms with Gasteiger partial charge in [0, 0.05) is 55.6 Å². The van der Waals surface area contributed by atoms with Crippen LogP contribution in [0, 0.1) is 0 Å². The quantitative estimate of drug-likeness (QED) is 0.177. The molecule has 0 spiro atoms. The first kappa shape index (κ1) is 31.5. The largest absolute Gasteiger partial charge is 0.317 e. The molecule has 57 heavy (non-hydrogen) atoms. The van der Waals surface area contributed by atoms with Crippen molar-refractivity contribution in [3.63, 3.8) is 0 Å². The molecule has 0 bridgehead atoms. The normalized spacial score (nSPS) is 11.9. The highest BCUT2D eigenvalue weighted by Gasteiger charge is 2.20. The lowest BCUT2D eigenvalue weighted by Crippen LogP contribution is -2.06. The summed E-state index contributed by atoms with van der Waals surface area (Å²) >= 11 is 0. The molecule has 4 aromatic heterocycles. The Morgan fingerprint density at radius 3 is 1.54 bits per heavy atom. The fourth-order valence-corrected chi connectivity index (χ4v) is 8.65. The Bertz CT molecular complexity index is 3450. The van der Waals surface area contributed by atoms with Crippen LogP contribution in [0.3, 0.4) is 0 Å². The van der Waals surface area contributed by atoms with E-state index in [1.165, 1.54) is 43.5 Å². The number of hydrogen-bond acceptors (Lipinski definition) is 3. The molecular formula is C51H32N6. The summed E-state index contributed by atoms with van der Waals surface area (Å²) in [5, 5.41) is 8.37. The van der Waals surface area contributed by atoms with Gasteiger partial charge in [0.1, 0.15) is 0 Å². The molecular weight excluding hydrogens is 697 g/mol. The standard InChI is InChI=1S/C51H32N6/c1-4-14-33(15-5-1)49-52-50(34-16-6-2-7-17-34)54-51(53-49)57-45-23-13-11-21-41(45)43-32-39(24-25-46(43)57)56-44-22-12-10-20-40(44)42-29-36-28-35-26-27-55(38-18-8-3-9-19-38)47(35)30-37(36)31-48(42)56/h1-32H. The van der Waals surface area contributed by atoms with Gasteiger partial charge in [0.15, 0.2) is 11.6 Å². The fourth-order valence-electron chi connectivity index (χ4n) is 8.65. The molecule has 6 nitrogen and oxygen atoms in total. The van der Waals surface area contributed by atoms with Gasteiger partial charge in [0.05, 0.1) is 27.6 Å². The maximum Gasteiger partial charge on any atom is 0.238 e. The van der Waals surface area contributed by atoms with E-state index in [-0.39, 0.29) is 0 Å². The molecule has 266 valence electrons. The predicted molar refractivity (Wildman–Crippen MR) is 234 cm³/mol. The summed E-state index contributed by atoms with van der Waals surface area (Å²) in [7, 11) is 0. The zero-order valence-corrected chi connectivity index (χ0v) is 30.7. The average molecular weight is 729 g/mol. The number of fused-ring (bicyclic) bond motifs is 8. The molecule has 0 aliphatic rings. The molecule has 0 N–H and O–H groups in total. The van der Waals surface area contributed by atoms with E-state index in [1.807, 2.05) is 60.7 Å². The summed E-state index contributed by atoms with van der Waals surface area (Å²) in [6.07, 6.45) is 2.17. The van der Waals surface area contributed by atoms with E-state index in [9.17, 15) is 0 Å². The van der Waals surface area contributed by atoms with Gasteiger partial charge in [-0.1, -0.05) is 115 Å². The van der Waals surface area contributed by atoms with Crippen LogP contribution < -0.4 is 0 Å². The van der Waals surface area contributed by atoms with Gasteiger partial charge in [-0.3, -0.25) is 4.57 Å². The Kier molecular flexibility index (Phi) is 6.83. The summed E-state index contributed by atoms with van der Waals surface area (Å²) < 4.78 is 6.87. The van der Waals surface area contributed by atoms with E-state index in [0.29, 0.717) is 17.6 Å². The highest BCUT2D eigenvalue weighted by molar-refractivity contribution is 6.16. The number of rotatable bonds is 5. The highest BCUT2D eigenvalue weighted by Crippen LogP contribution is 2.39. The third-order valence-corrected chi connectivity index (χ3v) is 11.3. The van der Waals surface area contributed by atoms with Crippen LogP contribution in [-0.4, -0.2) is 28.7 Å². The van der Waals surface area contributed by atoms with Gasteiger partial charge in [-0.2, -0.15) is 9.97 Å². The maximum atomic E-state index is 5.13. The van der Waals surface area contributed by atoms with Crippen LogP contribution in [0.15, 0.2) is 194 Å². The molecule has 4 heterocycles. The lowest BCUT2D eigenvalue weighted by Gasteiger charge is -2.12. The number of para-hydroxylation sites is 3. The van der Waals surface area contributed by atoms with Crippen LogP contribution in [0.2, 0.25) is 0 Å². The Labute approximate surface area is 327 Å². The molecule has 0 atom stereocenters. The van der Waals surface area contributed by atoms with Gasteiger partial charge in [-0.15, -0.1) is 0 Å². The minimum absolute atomic E-state index is 0.580. The maximum absolute atomic E-state index is 5.13. The van der Waals surface area contributed by atoms with Crippen LogP contribution in [-0.2, 0) is 0 Å². The molecule has 12 aromatic rings. The van der Waals surface area contributed by atoms with Crippen LogP contribution in [0.4, 0.5) is 0 Å². The molecule has 8 aromatic carbocycles. The first-order valence-corrected chi connectivity index (χ1v) is 19.2. The van der Waals surface area contributed by atoms with Gasteiger partial charge >= 0.3 is 0 Å². The zero-order valence-electron chi connectivity index (χ0n) is 30.7. The van der Waals surface area contributed by atoms with Crippen molar-refractivity contribution < 1.29 is 0 Å². The van der Waals surface area contributed by atoms with Crippen LogP contribution in [0.1, 0.15) is 0 Å². The van der Waals surface area contributed by atoms with Crippen molar-refractivity contribution in [1.82, 2.24) is 28.7 Å². The molecule has 0 aliphatic carbocycles. The Morgan fingerprint density at radius 2 is 0.860 bits per heavy atom. The summed E-state index contributed by atoms with van der Waals surface area (Å²) in [5.41, 5.74) is 9.71. The van der Waals surface area contributed by atoms with Crippen LogP contribution >= 0.6 is 0 Å². The topological polar surface area (TPSA) is 53.5 Å². The third-order valence-electron chi connectivity index (χ3n) is 11.3. The number of benzene rings is 8. The van der Waals surface area contributed by atoms with E-state index in [0.717, 1.165) is 44.3 Å². The van der Waals surface area contributed by atoms with E-state index in [2.05, 4.69) is 147 Å². The molecule has 0 fully saturated rings. The van der Waals surface area contributed by atoms with Gasteiger partial charge < -0.3 is 9.13 Å². The van der Waals surface area contributed by atoms with E-state index in [4.69, 9.17) is 15.0 Å². The lowest BCUT2D eigenvalue weighted by molar-refractivity contribution is 0.953. The molecule has 0 aliphatic heterocycles. The Hall–Kier alpha value is -7.83. The minimum atomic E-state index is 0.580. The molecule has 0 saturated carbocycles. The monoisotopic (exact) mass is 728 g/mol. The van der Waals surface area contributed by atoms with Crippen molar-refractivity contribution >= 4 is 65.3 Å². The van der Waals surface area contributed by atoms with Crippen molar-refractivity contribution in [3.05, 3.63) is 194 Å². The van der Waals surface area contributed by atoms with E-state index in [1.54, 1.807) is 0 Å². The second-order valence-corrected chi connectivity index (χ2v) is 14.6. The van der Waals surface area contributed by atoms with Crippen molar-refractivity contribution in [2.45, 2.75) is 0 Å². The molecule has 0 radical (unpaired) electrons. The van der Waals surface area contributed by atoms with Crippen molar-refractivity contribution in [2.24, 2.45) is 0 Å². The molecule has 0 amide bonds.